The van der Waals surface area contributed by atoms with Crippen LogP contribution in [0.1, 0.15) is 6.92 Å². The van der Waals surface area contributed by atoms with Crippen LogP contribution in [0.4, 0.5) is 5.69 Å². The monoisotopic (exact) mass is 364 g/mol. The lowest BCUT2D eigenvalue weighted by atomic mass is 10.2. The van der Waals surface area contributed by atoms with E-state index in [-0.39, 0.29) is 37.4 Å². The van der Waals surface area contributed by atoms with Crippen molar-refractivity contribution in [1.82, 2.24) is 15.5 Å². The van der Waals surface area contributed by atoms with Crippen LogP contribution in [0.3, 0.4) is 0 Å². The Kier molecular flexibility index (Phi) is 7.22. The van der Waals surface area contributed by atoms with Gasteiger partial charge in [0.1, 0.15) is 13.2 Å². The minimum atomic E-state index is -0.317. The first kappa shape index (κ1) is 19.5. The molecule has 0 aliphatic carbocycles. The highest BCUT2D eigenvalue weighted by Crippen LogP contribution is 2.32. The van der Waals surface area contributed by atoms with Crippen LogP contribution < -0.4 is 25.4 Å². The molecule has 1 aromatic carbocycles. The molecule has 0 radical (unpaired) electrons. The fourth-order valence-corrected chi connectivity index (χ4v) is 2.33. The Bertz CT molecular complexity index is 665. The smallest absolute Gasteiger partial charge is 0.239 e. The van der Waals surface area contributed by atoms with Crippen LogP contribution in [-0.2, 0) is 14.4 Å². The Morgan fingerprint density at radius 2 is 1.73 bits per heavy atom. The van der Waals surface area contributed by atoms with Crippen molar-refractivity contribution in [3.05, 3.63) is 18.2 Å². The Hall–Kier alpha value is -2.81. The largest absolute Gasteiger partial charge is 0.486 e. The van der Waals surface area contributed by atoms with Crippen LogP contribution >= 0.6 is 0 Å². The molecule has 1 aromatic rings. The molecule has 26 heavy (non-hydrogen) atoms. The van der Waals surface area contributed by atoms with Crippen LogP contribution in [0.2, 0.25) is 0 Å². The van der Waals surface area contributed by atoms with E-state index in [2.05, 4.69) is 16.0 Å². The first-order valence-corrected chi connectivity index (χ1v) is 8.41. The summed E-state index contributed by atoms with van der Waals surface area (Å²) in [4.78, 5) is 36.9. The van der Waals surface area contributed by atoms with Crippen LogP contribution in [0.5, 0.6) is 11.5 Å². The summed E-state index contributed by atoms with van der Waals surface area (Å²) in [5.74, 6) is 0.398. The quantitative estimate of drug-likeness (QED) is 0.578. The summed E-state index contributed by atoms with van der Waals surface area (Å²) in [6.45, 7) is 3.34. The molecule has 1 aliphatic rings. The maximum atomic E-state index is 12.2. The lowest BCUT2D eigenvalue weighted by Gasteiger charge is -2.21. The van der Waals surface area contributed by atoms with Gasteiger partial charge in [-0.1, -0.05) is 6.92 Å². The molecule has 0 saturated heterocycles. The van der Waals surface area contributed by atoms with Crippen molar-refractivity contribution in [1.29, 1.82) is 0 Å². The van der Waals surface area contributed by atoms with E-state index >= 15 is 0 Å². The topological polar surface area (TPSA) is 109 Å². The van der Waals surface area contributed by atoms with Gasteiger partial charge >= 0.3 is 0 Å². The second kappa shape index (κ2) is 9.62. The Labute approximate surface area is 152 Å². The first-order valence-electron chi connectivity index (χ1n) is 8.41. The number of hydrogen-bond acceptors (Lipinski definition) is 6. The van der Waals surface area contributed by atoms with Gasteiger partial charge in [0.2, 0.25) is 17.7 Å². The van der Waals surface area contributed by atoms with E-state index in [0.717, 1.165) is 0 Å². The van der Waals surface area contributed by atoms with Gasteiger partial charge < -0.3 is 25.4 Å². The molecule has 0 unspecified atom stereocenters. The van der Waals surface area contributed by atoms with Gasteiger partial charge in [-0.15, -0.1) is 0 Å². The Morgan fingerprint density at radius 3 is 2.42 bits per heavy atom. The van der Waals surface area contributed by atoms with Gasteiger partial charge in [-0.2, -0.15) is 0 Å². The molecule has 9 heteroatoms. The highest BCUT2D eigenvalue weighted by molar-refractivity contribution is 5.93. The molecule has 0 fully saturated rings. The van der Waals surface area contributed by atoms with Crippen LogP contribution in [-0.4, -0.2) is 69.1 Å². The van der Waals surface area contributed by atoms with Crippen molar-refractivity contribution >= 4 is 23.4 Å². The second-order valence-corrected chi connectivity index (χ2v) is 5.66. The summed E-state index contributed by atoms with van der Waals surface area (Å²) < 4.78 is 10.9. The number of nitrogens with one attached hydrogen (secondary N) is 3. The SMILES string of the molecule is CCN(CC(=O)NCC(=O)NC)CC(=O)Nc1ccc2c(c1)OCCO2. The molecule has 1 heterocycles. The molecule has 0 spiro atoms. The zero-order valence-corrected chi connectivity index (χ0v) is 15.0. The van der Waals surface area contributed by atoms with Crippen molar-refractivity contribution in [2.45, 2.75) is 6.92 Å². The summed E-state index contributed by atoms with van der Waals surface area (Å²) in [6, 6.07) is 5.18. The van der Waals surface area contributed by atoms with E-state index in [1.165, 1.54) is 7.05 Å². The molecule has 142 valence electrons. The van der Waals surface area contributed by atoms with Crippen LogP contribution in [0, 0.1) is 0 Å². The van der Waals surface area contributed by atoms with Gasteiger partial charge in [0.05, 0.1) is 19.6 Å². The molecule has 0 bridgehead atoms. The van der Waals surface area contributed by atoms with Gasteiger partial charge in [0.25, 0.3) is 0 Å². The average molecular weight is 364 g/mol. The molecule has 2 rings (SSSR count). The van der Waals surface area contributed by atoms with Gasteiger partial charge in [0, 0.05) is 18.8 Å². The third-order valence-electron chi connectivity index (χ3n) is 3.73. The number of likely N-dealkylation sites (N-methyl/N-ethyl adjacent to an activating group) is 2. The van der Waals surface area contributed by atoms with E-state index < -0.39 is 0 Å². The van der Waals surface area contributed by atoms with Gasteiger partial charge in [0.15, 0.2) is 11.5 Å². The van der Waals surface area contributed by atoms with Gasteiger partial charge in [-0.25, -0.2) is 0 Å². The maximum absolute atomic E-state index is 12.2. The fraction of sp³-hybridized carbons (Fsp3) is 0.471. The summed E-state index contributed by atoms with van der Waals surface area (Å²) in [5.41, 5.74) is 0.597. The number of fused-ring (bicyclic) bond motifs is 1. The number of anilines is 1. The predicted molar refractivity (Wildman–Crippen MR) is 95.3 cm³/mol. The molecule has 9 nitrogen and oxygen atoms in total. The number of hydrogen-bond donors (Lipinski definition) is 3. The summed E-state index contributed by atoms with van der Waals surface area (Å²) in [7, 11) is 1.50. The van der Waals surface area contributed by atoms with E-state index in [1.54, 1.807) is 23.1 Å². The van der Waals surface area contributed by atoms with E-state index in [1.807, 2.05) is 6.92 Å². The van der Waals surface area contributed by atoms with Crippen molar-refractivity contribution in [3.8, 4) is 11.5 Å². The molecular formula is C17H24N4O5. The van der Waals surface area contributed by atoms with Crippen LogP contribution in [0.25, 0.3) is 0 Å². The molecule has 0 atom stereocenters. The summed E-state index contributed by atoms with van der Waals surface area (Å²) in [6.07, 6.45) is 0. The zero-order chi connectivity index (χ0) is 18.9. The number of carbonyl (C=O) groups is 3. The van der Waals surface area contributed by atoms with Gasteiger partial charge in [-0.05, 0) is 18.7 Å². The minimum Gasteiger partial charge on any atom is -0.486 e. The predicted octanol–water partition coefficient (Wildman–Crippen LogP) is -0.420. The Morgan fingerprint density at radius 1 is 1.04 bits per heavy atom. The summed E-state index contributed by atoms with van der Waals surface area (Å²) >= 11 is 0. The number of rotatable bonds is 8. The highest BCUT2D eigenvalue weighted by atomic mass is 16.6. The van der Waals surface area contributed by atoms with E-state index in [4.69, 9.17) is 9.47 Å². The number of carbonyl (C=O) groups excluding carboxylic acids is 3. The van der Waals surface area contributed by atoms with Crippen molar-refractivity contribution in [2.24, 2.45) is 0 Å². The maximum Gasteiger partial charge on any atom is 0.239 e. The molecule has 0 saturated carbocycles. The molecule has 3 N–H and O–H groups in total. The number of amides is 3. The van der Waals surface area contributed by atoms with E-state index in [0.29, 0.717) is 36.9 Å². The molecule has 0 aromatic heterocycles. The third-order valence-corrected chi connectivity index (χ3v) is 3.73. The number of nitrogens with zero attached hydrogens (tertiary/aromatic N) is 1. The van der Waals surface area contributed by atoms with E-state index in [9.17, 15) is 14.4 Å². The lowest BCUT2D eigenvalue weighted by molar-refractivity contribution is -0.127. The zero-order valence-electron chi connectivity index (χ0n) is 15.0. The third kappa shape index (κ3) is 5.92. The van der Waals surface area contributed by atoms with Crippen molar-refractivity contribution < 1.29 is 23.9 Å². The van der Waals surface area contributed by atoms with Crippen LogP contribution in [0.15, 0.2) is 18.2 Å². The van der Waals surface area contributed by atoms with Crippen molar-refractivity contribution in [3.63, 3.8) is 0 Å². The molecular weight excluding hydrogens is 340 g/mol. The molecule has 3 amide bonds. The van der Waals surface area contributed by atoms with Gasteiger partial charge in [-0.3, -0.25) is 19.3 Å². The van der Waals surface area contributed by atoms with Crippen molar-refractivity contribution in [2.75, 3.05) is 51.8 Å². The second-order valence-electron chi connectivity index (χ2n) is 5.66. The highest BCUT2D eigenvalue weighted by Gasteiger charge is 2.16. The standard InChI is InChI=1S/C17H24N4O5/c1-3-21(10-16(23)19-9-15(22)18-2)11-17(24)20-12-4-5-13-14(8-12)26-7-6-25-13/h4-5,8H,3,6-7,9-11H2,1-2H3,(H,18,22)(H,19,23)(H,20,24). The first-order chi connectivity index (χ1) is 12.5. The number of ether oxygens (including phenoxy) is 2. The normalized spacial score (nSPS) is 12.4. The Balaban J connectivity index is 1.83. The number of benzene rings is 1. The fourth-order valence-electron chi connectivity index (χ4n) is 2.33. The molecule has 1 aliphatic heterocycles. The lowest BCUT2D eigenvalue weighted by Crippen LogP contribution is -2.43. The average Bonchev–Trinajstić information content (AvgIpc) is 2.65. The summed E-state index contributed by atoms with van der Waals surface area (Å²) in [5, 5.41) is 7.70. The minimum absolute atomic E-state index is 0.0298.